The van der Waals surface area contributed by atoms with E-state index in [9.17, 15) is 14.4 Å². The summed E-state index contributed by atoms with van der Waals surface area (Å²) >= 11 is 0. The van der Waals surface area contributed by atoms with E-state index in [0.717, 1.165) is 36.0 Å². The molecular weight excluding hydrogens is 418 g/mol. The fourth-order valence-corrected chi connectivity index (χ4v) is 3.96. The smallest absolute Gasteiger partial charge is 0.408 e. The number of hydrogen-bond acceptors (Lipinski definition) is 4. The zero-order chi connectivity index (χ0) is 24.9. The largest absolute Gasteiger partial charge is 0.444 e. The summed E-state index contributed by atoms with van der Waals surface area (Å²) in [6, 6.07) is 5.09. The first-order chi connectivity index (χ1) is 15.3. The molecule has 1 aliphatic carbocycles. The van der Waals surface area contributed by atoms with Crippen LogP contribution in [0.3, 0.4) is 0 Å². The first kappa shape index (κ1) is 26.7. The van der Waals surface area contributed by atoms with Gasteiger partial charge in [-0.3, -0.25) is 9.59 Å². The first-order valence-electron chi connectivity index (χ1n) is 12.0. The van der Waals surface area contributed by atoms with Crippen molar-refractivity contribution in [2.45, 2.75) is 98.4 Å². The van der Waals surface area contributed by atoms with E-state index in [1.807, 2.05) is 39.0 Å². The second-order valence-corrected chi connectivity index (χ2v) is 10.4. The number of benzene rings is 1. The average Bonchev–Trinajstić information content (AvgIpc) is 3.41. The van der Waals surface area contributed by atoms with Crippen molar-refractivity contribution in [3.8, 4) is 0 Å². The van der Waals surface area contributed by atoms with Gasteiger partial charge < -0.3 is 20.3 Å². The zero-order valence-corrected chi connectivity index (χ0v) is 21.5. The van der Waals surface area contributed by atoms with E-state index < -0.39 is 17.7 Å². The van der Waals surface area contributed by atoms with Gasteiger partial charge in [-0.1, -0.05) is 38.5 Å². The van der Waals surface area contributed by atoms with Crippen LogP contribution in [0.25, 0.3) is 0 Å². The van der Waals surface area contributed by atoms with Crippen LogP contribution in [0.2, 0.25) is 0 Å². The topological polar surface area (TPSA) is 87.7 Å². The highest BCUT2D eigenvalue weighted by Gasteiger charge is 2.46. The molecule has 1 aromatic carbocycles. The Hall–Kier alpha value is -2.57. The highest BCUT2D eigenvalue weighted by atomic mass is 16.6. The van der Waals surface area contributed by atoms with Gasteiger partial charge in [0.2, 0.25) is 11.8 Å². The van der Waals surface area contributed by atoms with Crippen LogP contribution in [-0.4, -0.2) is 47.0 Å². The Labute approximate surface area is 198 Å². The Kier molecular flexibility index (Phi) is 8.92. The van der Waals surface area contributed by atoms with Gasteiger partial charge in [-0.15, -0.1) is 0 Å². The van der Waals surface area contributed by atoms with Crippen molar-refractivity contribution in [1.82, 2.24) is 15.5 Å². The van der Waals surface area contributed by atoms with E-state index in [1.165, 1.54) is 0 Å². The second-order valence-electron chi connectivity index (χ2n) is 10.4. The summed E-state index contributed by atoms with van der Waals surface area (Å²) in [7, 11) is 0. The number of carbonyl (C=O) groups excluding carboxylic acids is 3. The lowest BCUT2D eigenvalue weighted by molar-refractivity contribution is -0.141. The molecular formula is C26H41N3O4. The molecule has 0 aromatic heterocycles. The second kappa shape index (κ2) is 11.0. The minimum atomic E-state index is -0.758. The van der Waals surface area contributed by atoms with Crippen molar-refractivity contribution in [3.05, 3.63) is 34.9 Å². The monoisotopic (exact) mass is 459 g/mol. The zero-order valence-electron chi connectivity index (χ0n) is 21.5. The van der Waals surface area contributed by atoms with Crippen LogP contribution < -0.4 is 10.6 Å². The van der Waals surface area contributed by atoms with Crippen molar-refractivity contribution in [3.63, 3.8) is 0 Å². The molecule has 1 aromatic rings. The molecule has 0 heterocycles. The van der Waals surface area contributed by atoms with Crippen molar-refractivity contribution < 1.29 is 19.1 Å². The summed E-state index contributed by atoms with van der Waals surface area (Å²) < 4.78 is 5.27. The molecule has 1 fully saturated rings. The van der Waals surface area contributed by atoms with Gasteiger partial charge in [0.1, 0.15) is 18.2 Å². The van der Waals surface area contributed by atoms with Crippen molar-refractivity contribution in [2.24, 2.45) is 5.92 Å². The van der Waals surface area contributed by atoms with E-state index in [4.69, 9.17) is 4.74 Å². The van der Waals surface area contributed by atoms with Crippen LogP contribution >= 0.6 is 0 Å². The molecule has 2 N–H and O–H groups in total. The van der Waals surface area contributed by atoms with Gasteiger partial charge in [0.05, 0.1) is 0 Å². The fourth-order valence-electron chi connectivity index (χ4n) is 3.96. The maximum absolute atomic E-state index is 13.5. The predicted molar refractivity (Wildman–Crippen MR) is 130 cm³/mol. The SMILES string of the molecule is CCCC(C)NC(=O)C(c1ccc(C)c(C)c1)N(C(=O)CNC(=O)OC(C)(C)C)C1CC1C. The van der Waals surface area contributed by atoms with Gasteiger partial charge in [0, 0.05) is 12.1 Å². The molecule has 1 saturated carbocycles. The van der Waals surface area contributed by atoms with Crippen LogP contribution in [0, 0.1) is 19.8 Å². The van der Waals surface area contributed by atoms with Crippen LogP contribution in [0.4, 0.5) is 4.79 Å². The molecule has 0 spiro atoms. The number of carbonyl (C=O) groups is 3. The van der Waals surface area contributed by atoms with E-state index >= 15 is 0 Å². The molecule has 0 saturated heterocycles. The number of hydrogen-bond donors (Lipinski definition) is 2. The molecule has 184 valence electrons. The molecule has 0 radical (unpaired) electrons. The van der Waals surface area contributed by atoms with Gasteiger partial charge in [0.15, 0.2) is 0 Å². The Morgan fingerprint density at radius 2 is 1.82 bits per heavy atom. The van der Waals surface area contributed by atoms with Gasteiger partial charge in [0.25, 0.3) is 0 Å². The molecule has 33 heavy (non-hydrogen) atoms. The summed E-state index contributed by atoms with van der Waals surface area (Å²) in [5.41, 5.74) is 2.32. The number of amides is 3. The van der Waals surface area contributed by atoms with Gasteiger partial charge in [-0.05, 0) is 77.0 Å². The Morgan fingerprint density at radius 1 is 1.18 bits per heavy atom. The lowest BCUT2D eigenvalue weighted by Crippen LogP contribution is -2.50. The van der Waals surface area contributed by atoms with Crippen molar-refractivity contribution in [2.75, 3.05) is 6.54 Å². The quantitative estimate of drug-likeness (QED) is 0.573. The number of rotatable bonds is 9. The summed E-state index contributed by atoms with van der Waals surface area (Å²) in [5.74, 6) is -0.189. The summed E-state index contributed by atoms with van der Waals surface area (Å²) in [6.07, 6.45) is 2.00. The molecule has 4 atom stereocenters. The number of alkyl carbamates (subject to hydrolysis) is 1. The third-order valence-corrected chi connectivity index (χ3v) is 5.98. The Bertz CT molecular complexity index is 862. The third kappa shape index (κ3) is 7.76. The van der Waals surface area contributed by atoms with E-state index in [0.29, 0.717) is 5.92 Å². The van der Waals surface area contributed by atoms with Crippen molar-refractivity contribution in [1.29, 1.82) is 0 Å². The number of nitrogens with zero attached hydrogens (tertiary/aromatic N) is 1. The third-order valence-electron chi connectivity index (χ3n) is 5.98. The van der Waals surface area contributed by atoms with Crippen LogP contribution in [0.15, 0.2) is 18.2 Å². The maximum Gasteiger partial charge on any atom is 0.408 e. The normalized spacial score (nSPS) is 19.3. The molecule has 1 aliphatic rings. The first-order valence-corrected chi connectivity index (χ1v) is 12.0. The molecule has 2 rings (SSSR count). The van der Waals surface area contributed by atoms with E-state index in [-0.39, 0.29) is 30.4 Å². The lowest BCUT2D eigenvalue weighted by Gasteiger charge is -2.33. The van der Waals surface area contributed by atoms with E-state index in [1.54, 1.807) is 25.7 Å². The average molecular weight is 460 g/mol. The summed E-state index contributed by atoms with van der Waals surface area (Å²) in [5, 5.41) is 5.66. The van der Waals surface area contributed by atoms with Crippen LogP contribution in [-0.2, 0) is 14.3 Å². The molecule has 3 amide bonds. The maximum atomic E-state index is 13.5. The Balaban J connectivity index is 2.33. The standard InChI is InChI=1S/C26H41N3O4/c1-9-10-19(5)28-24(31)23(20-12-11-16(2)17(3)13-20)29(21-14-18(21)4)22(30)15-27-25(32)33-26(6,7)8/h11-13,18-19,21,23H,9-10,14-15H2,1-8H3,(H,27,32)(H,28,31). The predicted octanol–water partition coefficient (Wildman–Crippen LogP) is 4.41. The van der Waals surface area contributed by atoms with Crippen LogP contribution in [0.5, 0.6) is 0 Å². The molecule has 0 aliphatic heterocycles. The molecule has 0 bridgehead atoms. The highest BCUT2D eigenvalue weighted by molar-refractivity contribution is 5.91. The highest BCUT2D eigenvalue weighted by Crippen LogP contribution is 2.40. The number of aryl methyl sites for hydroxylation is 2. The van der Waals surface area contributed by atoms with Gasteiger partial charge in [-0.2, -0.15) is 0 Å². The number of ether oxygens (including phenoxy) is 1. The fraction of sp³-hybridized carbons (Fsp3) is 0.654. The number of nitrogens with one attached hydrogen (secondary N) is 2. The van der Waals surface area contributed by atoms with Gasteiger partial charge >= 0.3 is 6.09 Å². The molecule has 4 unspecified atom stereocenters. The minimum absolute atomic E-state index is 0.00464. The van der Waals surface area contributed by atoms with Gasteiger partial charge in [-0.25, -0.2) is 4.79 Å². The minimum Gasteiger partial charge on any atom is -0.444 e. The molecule has 7 heteroatoms. The summed E-state index contributed by atoms with van der Waals surface area (Å²) in [4.78, 5) is 40.7. The van der Waals surface area contributed by atoms with Crippen LogP contribution in [0.1, 0.15) is 83.5 Å². The van der Waals surface area contributed by atoms with E-state index in [2.05, 4.69) is 24.5 Å². The lowest BCUT2D eigenvalue weighted by atomic mass is 9.98. The Morgan fingerprint density at radius 3 is 2.33 bits per heavy atom. The van der Waals surface area contributed by atoms with Crippen molar-refractivity contribution >= 4 is 17.9 Å². The molecule has 7 nitrogen and oxygen atoms in total. The summed E-state index contributed by atoms with van der Waals surface area (Å²) in [6.45, 7) is 15.2.